The van der Waals surface area contributed by atoms with E-state index < -0.39 is 160 Å². The van der Waals surface area contributed by atoms with Gasteiger partial charge in [0.2, 0.25) is 11.8 Å². The first-order valence-electron chi connectivity index (χ1n) is 16.0. The Labute approximate surface area is 298 Å². The summed E-state index contributed by atoms with van der Waals surface area (Å²) in [7, 11) is 0. The van der Waals surface area contributed by atoms with Gasteiger partial charge in [0.15, 0.2) is 12.6 Å². The van der Waals surface area contributed by atoms with Crippen LogP contribution in [0.15, 0.2) is 5.11 Å². The number of hydrogen-bond donors (Lipinski definition) is 15. The summed E-state index contributed by atoms with van der Waals surface area (Å²) < 4.78 is 27.5. The highest BCUT2D eigenvalue weighted by Gasteiger charge is 2.61. The molecule has 53 heavy (non-hydrogen) atoms. The van der Waals surface area contributed by atoms with Gasteiger partial charge in [0.25, 0.3) is 11.6 Å². The molecule has 3 heterocycles. The summed E-state index contributed by atoms with van der Waals surface area (Å²) in [6, 6.07) is -1.58. The van der Waals surface area contributed by atoms with Crippen molar-refractivity contribution in [3.8, 4) is 0 Å². The lowest BCUT2D eigenvalue weighted by atomic mass is 9.88. The number of carboxylic acid groups (broad SMARTS) is 1. The molecule has 26 nitrogen and oxygen atoms in total. The molecule has 2 amide bonds. The lowest BCUT2D eigenvalue weighted by Crippen LogP contribution is -2.72. The van der Waals surface area contributed by atoms with Crippen molar-refractivity contribution < 1.29 is 104 Å². The molecular weight excluding hydrogens is 730 g/mol. The second-order valence-corrected chi connectivity index (χ2v) is 12.5. The van der Waals surface area contributed by atoms with Gasteiger partial charge in [-0.2, -0.15) is 0 Å². The Morgan fingerprint density at radius 3 is 2.13 bits per heavy atom. The predicted molar refractivity (Wildman–Crippen MR) is 162 cm³/mol. The van der Waals surface area contributed by atoms with Crippen molar-refractivity contribution in [2.75, 3.05) is 19.8 Å². The van der Waals surface area contributed by atoms with Crippen LogP contribution < -0.4 is 10.6 Å². The molecule has 3 fully saturated rings. The number of nitrogens with zero attached hydrogens (tertiary/aromatic N) is 3. The topological polar surface area (TPSA) is 433 Å². The summed E-state index contributed by atoms with van der Waals surface area (Å²) >= 11 is 0. The summed E-state index contributed by atoms with van der Waals surface area (Å²) in [5, 5.41) is 141. The molecular formula is C27H45N5O21. The minimum absolute atomic E-state index is 0.505. The fourth-order valence-corrected chi connectivity index (χ4v) is 6.04. The molecule has 0 aromatic rings. The van der Waals surface area contributed by atoms with Crippen LogP contribution in [0.3, 0.4) is 0 Å². The molecule has 3 aliphatic heterocycles. The van der Waals surface area contributed by atoms with Gasteiger partial charge in [-0.1, -0.05) is 0 Å². The quantitative estimate of drug-likeness (QED) is 0.0299. The van der Waals surface area contributed by atoms with Gasteiger partial charge in [0.05, 0.1) is 32.0 Å². The molecule has 0 spiro atoms. The number of ether oxygens (including phenoxy) is 5. The highest BCUT2D eigenvalue weighted by molar-refractivity contribution is 5.77. The maximum absolute atomic E-state index is 12.6. The molecule has 0 aromatic carbocycles. The minimum Gasteiger partial charge on any atom is -0.477 e. The first-order chi connectivity index (χ1) is 24.8. The van der Waals surface area contributed by atoms with Gasteiger partial charge < -0.3 is 101 Å². The summed E-state index contributed by atoms with van der Waals surface area (Å²) in [4.78, 5) is 39.3. The molecule has 3 saturated heterocycles. The van der Waals surface area contributed by atoms with Crippen LogP contribution >= 0.6 is 0 Å². The standard InChI is InChI=1S/C27H45N5O21/c1-8(36)29-15-9(37)4-26(25(47)48,53-22(15)16(42)10(38)5-33)52-21-11(6-34)49-24(18(44)17(21)43)50-20-12(7-35)51-27(31-32-28,23(46)19(20)45)30-13(39)2-3-14(40)41/h9-12,14-24,33-35,37-38,40-46H,2-7H2,1H3,(H,29,36)(H,30,39)(H,47,48)/t9-,10+,11+,12+,15+,16+,17+,18+,19-,20+,21-,22+,23+,24-,26+,27+/m0/s1. The van der Waals surface area contributed by atoms with Crippen LogP contribution in [0.4, 0.5) is 0 Å². The molecule has 0 saturated carbocycles. The lowest BCUT2D eigenvalue weighted by molar-refractivity contribution is -0.383. The Hall–Kier alpha value is -2.96. The van der Waals surface area contributed by atoms with E-state index in [1.807, 2.05) is 5.32 Å². The molecule has 0 aromatic heterocycles. The van der Waals surface area contributed by atoms with Crippen molar-refractivity contribution in [1.82, 2.24) is 10.6 Å². The van der Waals surface area contributed by atoms with Crippen LogP contribution in [0.5, 0.6) is 0 Å². The SMILES string of the molecule is CC(=O)N[C@H]1[C@H]([C@H](O)[C@H](O)CO)O[C@@](O[C@@H]2[C@H](O)[C@@H](O)[C@H](O[C@H]3[C@H](O)[C@@H](O)[C@](N=[N+]=[N-])(NC(=O)CCC(O)O)O[C@@H]3CO)O[C@@H]2CO)(C(=O)O)C[C@@H]1O. The van der Waals surface area contributed by atoms with Crippen LogP contribution in [0.2, 0.25) is 0 Å². The number of aliphatic hydroxyl groups excluding tert-OH is 11. The zero-order valence-electron chi connectivity index (χ0n) is 27.8. The van der Waals surface area contributed by atoms with Gasteiger partial charge >= 0.3 is 5.97 Å². The zero-order valence-corrected chi connectivity index (χ0v) is 27.8. The third-order valence-corrected chi connectivity index (χ3v) is 8.70. The number of rotatable bonds is 16. The van der Waals surface area contributed by atoms with Crippen LogP contribution in [0, 0.1) is 0 Å². The highest BCUT2D eigenvalue weighted by Crippen LogP contribution is 2.39. The van der Waals surface area contributed by atoms with Crippen molar-refractivity contribution >= 4 is 17.8 Å². The molecule has 0 radical (unpaired) electrons. The molecule has 26 heteroatoms. The van der Waals surface area contributed by atoms with E-state index in [0.29, 0.717) is 0 Å². The average molecular weight is 776 g/mol. The van der Waals surface area contributed by atoms with E-state index in [4.69, 9.17) is 39.4 Å². The van der Waals surface area contributed by atoms with E-state index in [0.717, 1.165) is 6.92 Å². The summed E-state index contributed by atoms with van der Waals surface area (Å²) in [5.74, 6) is -9.71. The second kappa shape index (κ2) is 18.6. The first kappa shape index (κ1) is 44.4. The van der Waals surface area contributed by atoms with Crippen molar-refractivity contribution in [1.29, 1.82) is 0 Å². The third kappa shape index (κ3) is 9.84. The van der Waals surface area contributed by atoms with Crippen LogP contribution in [0.1, 0.15) is 26.2 Å². The summed E-state index contributed by atoms with van der Waals surface area (Å²) in [6.07, 6.45) is -31.1. The number of azide groups is 1. The van der Waals surface area contributed by atoms with Crippen molar-refractivity contribution in [3.63, 3.8) is 0 Å². The number of aliphatic hydroxyl groups is 12. The van der Waals surface area contributed by atoms with Crippen molar-refractivity contribution in [3.05, 3.63) is 10.4 Å². The van der Waals surface area contributed by atoms with E-state index in [1.165, 1.54) is 0 Å². The molecule has 0 bridgehead atoms. The van der Waals surface area contributed by atoms with E-state index in [2.05, 4.69) is 15.3 Å². The maximum Gasteiger partial charge on any atom is 0.364 e. The third-order valence-electron chi connectivity index (χ3n) is 8.70. The summed E-state index contributed by atoms with van der Waals surface area (Å²) in [5.41, 5.74) is 9.09. The number of carbonyl (C=O) groups is 3. The second-order valence-electron chi connectivity index (χ2n) is 12.5. The normalized spacial score (nSPS) is 40.1. The lowest BCUT2D eigenvalue weighted by Gasteiger charge is -2.51. The fourth-order valence-electron chi connectivity index (χ4n) is 6.04. The molecule has 15 N–H and O–H groups in total. The molecule has 0 aliphatic carbocycles. The van der Waals surface area contributed by atoms with Crippen molar-refractivity contribution in [2.45, 2.75) is 130 Å². The smallest absolute Gasteiger partial charge is 0.364 e. The molecule has 304 valence electrons. The fraction of sp³-hybridized carbons (Fsp3) is 0.889. The Kier molecular flexibility index (Phi) is 15.6. The molecule has 0 unspecified atom stereocenters. The van der Waals surface area contributed by atoms with Gasteiger partial charge in [-0.25, -0.2) is 4.79 Å². The largest absolute Gasteiger partial charge is 0.477 e. The number of hydrogen-bond acceptors (Lipinski definition) is 21. The summed E-state index contributed by atoms with van der Waals surface area (Å²) in [6.45, 7) is -2.28. The van der Waals surface area contributed by atoms with Crippen LogP contribution in [-0.4, -0.2) is 207 Å². The van der Waals surface area contributed by atoms with Gasteiger partial charge in [-0.15, -0.1) is 0 Å². The van der Waals surface area contributed by atoms with Gasteiger partial charge in [-0.05, 0) is 10.6 Å². The monoisotopic (exact) mass is 775 g/mol. The van der Waals surface area contributed by atoms with E-state index >= 15 is 0 Å². The molecule has 16 atom stereocenters. The van der Waals surface area contributed by atoms with E-state index in [1.54, 1.807) is 0 Å². The number of aliphatic carboxylic acids is 1. The van der Waals surface area contributed by atoms with Gasteiger partial charge in [-0.3, -0.25) is 9.59 Å². The number of carboxylic acids is 1. The molecule has 3 aliphatic rings. The molecule has 3 rings (SSSR count). The number of nitrogens with one attached hydrogen (secondary N) is 2. The van der Waals surface area contributed by atoms with Gasteiger partial charge in [0, 0.05) is 31.1 Å². The Balaban J connectivity index is 1.87. The highest BCUT2D eigenvalue weighted by atomic mass is 16.8. The van der Waals surface area contributed by atoms with Crippen LogP contribution in [0.25, 0.3) is 10.4 Å². The Morgan fingerprint density at radius 1 is 0.962 bits per heavy atom. The Morgan fingerprint density at radius 2 is 1.60 bits per heavy atom. The number of carbonyl (C=O) groups excluding carboxylic acids is 2. The van der Waals surface area contributed by atoms with Crippen LogP contribution in [-0.2, 0) is 38.1 Å². The van der Waals surface area contributed by atoms with E-state index in [-0.39, 0.29) is 0 Å². The minimum atomic E-state index is -3.06. The Bertz CT molecular complexity index is 1310. The maximum atomic E-state index is 12.6. The van der Waals surface area contributed by atoms with E-state index in [9.17, 15) is 70.6 Å². The first-order valence-corrected chi connectivity index (χ1v) is 16.0. The predicted octanol–water partition coefficient (Wildman–Crippen LogP) is -8.37. The van der Waals surface area contributed by atoms with Crippen molar-refractivity contribution in [2.24, 2.45) is 5.11 Å². The van der Waals surface area contributed by atoms with Gasteiger partial charge in [0.1, 0.15) is 67.1 Å². The average Bonchev–Trinajstić information content (AvgIpc) is 3.10. The number of amides is 2. The zero-order chi connectivity index (χ0) is 40.0.